The van der Waals surface area contributed by atoms with Gasteiger partial charge in [-0.2, -0.15) is 0 Å². The molecule has 0 aliphatic heterocycles. The number of para-hydroxylation sites is 2. The third-order valence-corrected chi connectivity index (χ3v) is 11.2. The first-order valence-electron chi connectivity index (χ1n) is 16.1. The molecule has 0 unspecified atom stereocenters. The van der Waals surface area contributed by atoms with E-state index in [0.717, 1.165) is 5.69 Å². The molecule has 47 heavy (non-hydrogen) atoms. The van der Waals surface area contributed by atoms with Crippen LogP contribution in [0.15, 0.2) is 158 Å². The fraction of sp³-hybridized carbons (Fsp3) is 0. The first-order valence-corrected chi connectivity index (χ1v) is 16.9. The average Bonchev–Trinajstić information content (AvgIpc) is 3.79. The van der Waals surface area contributed by atoms with Gasteiger partial charge < -0.3 is 9.13 Å². The number of hydrogen-bond acceptors (Lipinski definition) is 1. The molecule has 0 saturated heterocycles. The minimum Gasteiger partial charge on any atom is -0.309 e. The van der Waals surface area contributed by atoms with Crippen molar-refractivity contribution >= 4 is 85.9 Å². The Morgan fingerprint density at radius 3 is 1.74 bits per heavy atom. The summed E-state index contributed by atoms with van der Waals surface area (Å²) in [6, 6.07) is 58.2. The molecule has 0 bridgehead atoms. The molecule has 3 heterocycles. The van der Waals surface area contributed by atoms with Gasteiger partial charge in [-0.25, -0.2) is 0 Å². The van der Waals surface area contributed by atoms with Crippen LogP contribution in [0.4, 0.5) is 0 Å². The van der Waals surface area contributed by atoms with Crippen molar-refractivity contribution in [2.75, 3.05) is 0 Å². The Balaban J connectivity index is 1.12. The van der Waals surface area contributed by atoms with E-state index in [9.17, 15) is 0 Å². The summed E-state index contributed by atoms with van der Waals surface area (Å²) in [6.07, 6.45) is 0. The highest BCUT2D eigenvalue weighted by atomic mass is 32.1. The summed E-state index contributed by atoms with van der Waals surface area (Å²) in [5, 5.41) is 10.5. The second-order valence-electron chi connectivity index (χ2n) is 12.5. The van der Waals surface area contributed by atoms with E-state index in [-0.39, 0.29) is 0 Å². The maximum atomic E-state index is 2.44. The molecule has 0 aliphatic rings. The minimum absolute atomic E-state index is 1.16. The van der Waals surface area contributed by atoms with E-state index in [2.05, 4.69) is 167 Å². The zero-order chi connectivity index (χ0) is 30.6. The molecule has 218 valence electrons. The maximum absolute atomic E-state index is 2.44. The summed E-state index contributed by atoms with van der Waals surface area (Å²) in [4.78, 5) is 0. The molecule has 0 spiro atoms. The normalized spacial score (nSPS) is 12.3. The van der Waals surface area contributed by atoms with E-state index in [1.165, 1.54) is 91.4 Å². The summed E-state index contributed by atoms with van der Waals surface area (Å²) in [5.41, 5.74) is 9.80. The molecule has 11 aromatic rings. The molecule has 0 N–H and O–H groups in total. The predicted molar refractivity (Wildman–Crippen MR) is 202 cm³/mol. The molecule has 0 radical (unpaired) electrons. The molecule has 2 nitrogen and oxygen atoms in total. The number of benzene rings is 8. The van der Waals surface area contributed by atoms with Gasteiger partial charge in [0.1, 0.15) is 0 Å². The quantitative estimate of drug-likeness (QED) is 0.175. The summed E-state index contributed by atoms with van der Waals surface area (Å²) < 4.78 is 7.50. The van der Waals surface area contributed by atoms with Crippen molar-refractivity contribution in [3.05, 3.63) is 158 Å². The lowest BCUT2D eigenvalue weighted by Crippen LogP contribution is -1.97. The van der Waals surface area contributed by atoms with E-state index in [1.807, 2.05) is 11.3 Å². The number of fused-ring (bicyclic) bond motifs is 6. The summed E-state index contributed by atoms with van der Waals surface area (Å²) in [7, 11) is 0. The van der Waals surface area contributed by atoms with Crippen LogP contribution < -0.4 is 0 Å². The van der Waals surface area contributed by atoms with Gasteiger partial charge in [-0.15, -0.1) is 11.3 Å². The lowest BCUT2D eigenvalue weighted by atomic mass is 9.94. The largest absolute Gasteiger partial charge is 0.309 e. The fourth-order valence-corrected chi connectivity index (χ4v) is 9.15. The van der Waals surface area contributed by atoms with Crippen LogP contribution in [0.3, 0.4) is 0 Å². The number of aromatic nitrogens is 2. The fourth-order valence-electron chi connectivity index (χ4n) is 8.06. The zero-order valence-corrected chi connectivity index (χ0v) is 26.1. The van der Waals surface area contributed by atoms with Crippen molar-refractivity contribution in [2.24, 2.45) is 0 Å². The number of thiophene rings is 1. The van der Waals surface area contributed by atoms with Crippen LogP contribution in [0.25, 0.3) is 97.1 Å². The molecular weight excluding hydrogens is 589 g/mol. The Kier molecular flexibility index (Phi) is 5.02. The minimum atomic E-state index is 1.16. The molecule has 0 fully saturated rings. The Bertz CT molecular complexity index is 2950. The molecule has 8 aromatic carbocycles. The third kappa shape index (κ3) is 3.44. The second-order valence-corrected chi connectivity index (χ2v) is 13.6. The molecule has 3 aromatic heterocycles. The van der Waals surface area contributed by atoms with Gasteiger partial charge in [0.15, 0.2) is 0 Å². The third-order valence-electron chi connectivity index (χ3n) is 10.1. The molecule has 11 rings (SSSR count). The van der Waals surface area contributed by atoms with Crippen LogP contribution in [0.5, 0.6) is 0 Å². The van der Waals surface area contributed by atoms with Gasteiger partial charge in [0.05, 0.1) is 22.1 Å². The van der Waals surface area contributed by atoms with Crippen LogP contribution in [-0.4, -0.2) is 9.13 Å². The van der Waals surface area contributed by atoms with Crippen LogP contribution >= 0.6 is 11.3 Å². The van der Waals surface area contributed by atoms with E-state index in [4.69, 9.17) is 0 Å². The molecule has 0 aliphatic carbocycles. The van der Waals surface area contributed by atoms with Gasteiger partial charge in [-0.1, -0.05) is 91.0 Å². The summed E-state index contributed by atoms with van der Waals surface area (Å²) >= 11 is 1.87. The van der Waals surface area contributed by atoms with E-state index < -0.39 is 0 Å². The Morgan fingerprint density at radius 2 is 0.979 bits per heavy atom. The van der Waals surface area contributed by atoms with Crippen LogP contribution in [0.1, 0.15) is 0 Å². The van der Waals surface area contributed by atoms with E-state index >= 15 is 0 Å². The van der Waals surface area contributed by atoms with Crippen LogP contribution in [0.2, 0.25) is 0 Å². The standard InChI is InChI=1S/C44H26N2S/c1-4-12-37-32(9-1)33-10-2-5-13-38(33)45(37)29-18-20-30(21-19-29)46-39-14-7-8-27-16-22-35-31(23-24-40(46)44(35)43(27)39)28-17-25-42-36(26-28)34-11-3-6-15-41(34)47-42/h1-26H. The molecule has 0 amide bonds. The van der Waals surface area contributed by atoms with Gasteiger partial charge in [0, 0.05) is 53.1 Å². The van der Waals surface area contributed by atoms with Crippen LogP contribution in [0, 0.1) is 0 Å². The van der Waals surface area contributed by atoms with Crippen molar-refractivity contribution in [3.63, 3.8) is 0 Å². The molecule has 0 saturated carbocycles. The molecule has 0 atom stereocenters. The number of nitrogens with zero attached hydrogens (tertiary/aromatic N) is 2. The molecular formula is C44H26N2S. The van der Waals surface area contributed by atoms with Crippen molar-refractivity contribution in [3.8, 4) is 22.5 Å². The SMILES string of the molecule is c1ccc2c(c1)sc1ccc(-c3ccc4c5c3ccc3cccc(c35)n4-c3ccc(-n4c5ccccc5c5ccccc54)cc3)cc12. The van der Waals surface area contributed by atoms with Crippen molar-refractivity contribution in [2.45, 2.75) is 0 Å². The van der Waals surface area contributed by atoms with Crippen molar-refractivity contribution in [1.82, 2.24) is 9.13 Å². The first-order chi connectivity index (χ1) is 23.3. The zero-order valence-electron chi connectivity index (χ0n) is 25.3. The van der Waals surface area contributed by atoms with Crippen molar-refractivity contribution in [1.29, 1.82) is 0 Å². The Labute approximate surface area is 274 Å². The summed E-state index contributed by atoms with van der Waals surface area (Å²) in [5.74, 6) is 0. The van der Waals surface area contributed by atoms with Crippen molar-refractivity contribution < 1.29 is 0 Å². The van der Waals surface area contributed by atoms with Gasteiger partial charge in [0.2, 0.25) is 0 Å². The van der Waals surface area contributed by atoms with Gasteiger partial charge in [0.25, 0.3) is 0 Å². The monoisotopic (exact) mass is 614 g/mol. The number of rotatable bonds is 3. The van der Waals surface area contributed by atoms with Gasteiger partial charge >= 0.3 is 0 Å². The Morgan fingerprint density at radius 1 is 0.362 bits per heavy atom. The topological polar surface area (TPSA) is 9.86 Å². The lowest BCUT2D eigenvalue weighted by Gasteiger charge is -2.12. The lowest BCUT2D eigenvalue weighted by molar-refractivity contribution is 1.14. The van der Waals surface area contributed by atoms with E-state index in [1.54, 1.807) is 0 Å². The highest BCUT2D eigenvalue weighted by Crippen LogP contribution is 2.44. The first kappa shape index (κ1) is 25.3. The van der Waals surface area contributed by atoms with Crippen LogP contribution in [-0.2, 0) is 0 Å². The van der Waals surface area contributed by atoms with E-state index in [0.29, 0.717) is 0 Å². The van der Waals surface area contributed by atoms with Gasteiger partial charge in [-0.3, -0.25) is 0 Å². The smallest absolute Gasteiger partial charge is 0.0547 e. The summed E-state index contributed by atoms with van der Waals surface area (Å²) in [6.45, 7) is 0. The number of hydrogen-bond donors (Lipinski definition) is 0. The average molecular weight is 615 g/mol. The predicted octanol–water partition coefficient (Wildman–Crippen LogP) is 12.5. The van der Waals surface area contributed by atoms with Gasteiger partial charge in [-0.05, 0) is 88.6 Å². The maximum Gasteiger partial charge on any atom is 0.0547 e. The highest BCUT2D eigenvalue weighted by Gasteiger charge is 2.20. The highest BCUT2D eigenvalue weighted by molar-refractivity contribution is 7.25. The Hall–Kier alpha value is -5.90. The molecule has 3 heteroatoms. The second kappa shape index (κ2) is 9.32.